The molecule has 0 radical (unpaired) electrons. The van der Waals surface area contributed by atoms with Crippen LogP contribution < -0.4 is 3.53 Å². The predicted octanol–water partition coefficient (Wildman–Crippen LogP) is 2.46. The zero-order valence-electron chi connectivity index (χ0n) is 5.82. The number of halogens is 1. The topological polar surface area (TPSA) is 12.0 Å². The van der Waals surface area contributed by atoms with E-state index in [4.69, 9.17) is 0 Å². The van der Waals surface area contributed by atoms with E-state index in [1.807, 2.05) is 11.8 Å². The first kappa shape index (κ1) is 10.0. The molecule has 0 bridgehead atoms. The maximum Gasteiger partial charge on any atom is 0.0169 e. The van der Waals surface area contributed by atoms with Crippen LogP contribution in [-0.2, 0) is 0 Å². The normalized spacial score (nSPS) is 10.0. The largest absolute Gasteiger partial charge is 0.260 e. The van der Waals surface area contributed by atoms with Crippen molar-refractivity contribution in [3.8, 4) is 0 Å². The molecule has 3 heteroatoms. The predicted molar refractivity (Wildman–Crippen MR) is 54.3 cm³/mol. The van der Waals surface area contributed by atoms with Gasteiger partial charge in [-0.2, -0.15) is 11.8 Å². The van der Waals surface area contributed by atoms with E-state index in [1.54, 1.807) is 0 Å². The van der Waals surface area contributed by atoms with Gasteiger partial charge in [-0.3, -0.25) is 3.53 Å². The summed E-state index contributed by atoms with van der Waals surface area (Å²) < 4.78 is 3.09. The lowest BCUT2D eigenvalue weighted by molar-refractivity contribution is 0.895. The molecule has 0 unspecified atom stereocenters. The van der Waals surface area contributed by atoms with Crippen molar-refractivity contribution < 1.29 is 0 Å². The number of hydrogen-bond acceptors (Lipinski definition) is 2. The fourth-order valence-electron chi connectivity index (χ4n) is 0.459. The summed E-state index contributed by atoms with van der Waals surface area (Å²) in [5.41, 5.74) is 0. The van der Waals surface area contributed by atoms with Crippen molar-refractivity contribution in [1.29, 1.82) is 0 Å². The number of hydrogen-bond donors (Lipinski definition) is 1. The van der Waals surface area contributed by atoms with Gasteiger partial charge in [0.05, 0.1) is 0 Å². The highest BCUT2D eigenvalue weighted by Crippen LogP contribution is 2.02. The van der Waals surface area contributed by atoms with Gasteiger partial charge in [0.25, 0.3) is 0 Å². The molecule has 0 saturated heterocycles. The van der Waals surface area contributed by atoms with Gasteiger partial charge in [-0.25, -0.2) is 0 Å². The average molecular weight is 259 g/mol. The minimum Gasteiger partial charge on any atom is -0.260 e. The summed E-state index contributed by atoms with van der Waals surface area (Å²) in [7, 11) is 0. The third-order valence-electron chi connectivity index (χ3n) is 0.983. The SMILES string of the molecule is CCCCSCCNI. The Morgan fingerprint density at radius 2 is 2.22 bits per heavy atom. The Morgan fingerprint density at radius 3 is 2.78 bits per heavy atom. The Morgan fingerprint density at radius 1 is 1.44 bits per heavy atom. The summed E-state index contributed by atoms with van der Waals surface area (Å²) in [6.45, 7) is 3.37. The zero-order valence-corrected chi connectivity index (χ0v) is 8.80. The monoisotopic (exact) mass is 259 g/mol. The molecule has 0 aromatic rings. The molecule has 0 rings (SSSR count). The van der Waals surface area contributed by atoms with Gasteiger partial charge >= 0.3 is 0 Å². The van der Waals surface area contributed by atoms with Crippen LogP contribution in [0.3, 0.4) is 0 Å². The molecule has 1 nitrogen and oxygen atoms in total. The van der Waals surface area contributed by atoms with Gasteiger partial charge in [-0.15, -0.1) is 0 Å². The molecule has 0 aromatic heterocycles. The van der Waals surface area contributed by atoms with E-state index in [1.165, 1.54) is 24.3 Å². The molecule has 9 heavy (non-hydrogen) atoms. The van der Waals surface area contributed by atoms with Crippen molar-refractivity contribution in [3.63, 3.8) is 0 Å². The number of nitrogens with one attached hydrogen (secondary N) is 1. The van der Waals surface area contributed by atoms with E-state index in [0.717, 1.165) is 6.54 Å². The maximum absolute atomic E-state index is 3.09. The lowest BCUT2D eigenvalue weighted by Gasteiger charge is -1.96. The summed E-state index contributed by atoms with van der Waals surface area (Å²) >= 11 is 4.22. The van der Waals surface area contributed by atoms with E-state index in [9.17, 15) is 0 Å². The highest BCUT2D eigenvalue weighted by Gasteiger charge is 1.85. The number of rotatable bonds is 6. The average Bonchev–Trinajstić information content (AvgIpc) is 1.89. The second-order valence-corrected chi connectivity index (χ2v) is 3.84. The molecule has 0 aliphatic heterocycles. The smallest absolute Gasteiger partial charge is 0.0169 e. The van der Waals surface area contributed by atoms with Crippen molar-refractivity contribution in [2.24, 2.45) is 0 Å². The number of unbranched alkanes of at least 4 members (excludes halogenated alkanes) is 1. The van der Waals surface area contributed by atoms with Crippen molar-refractivity contribution in [2.75, 3.05) is 18.1 Å². The van der Waals surface area contributed by atoms with Crippen LogP contribution in [0.25, 0.3) is 0 Å². The van der Waals surface area contributed by atoms with E-state index in [0.29, 0.717) is 0 Å². The molecule has 56 valence electrons. The second kappa shape index (κ2) is 9.04. The Labute approximate surface area is 75.9 Å². The Balaban J connectivity index is 2.60. The molecule has 1 N–H and O–H groups in total. The van der Waals surface area contributed by atoms with Crippen LogP contribution in [0, 0.1) is 0 Å². The van der Waals surface area contributed by atoms with Crippen molar-refractivity contribution in [3.05, 3.63) is 0 Å². The molecule has 0 aromatic carbocycles. The van der Waals surface area contributed by atoms with Crippen LogP contribution in [0.5, 0.6) is 0 Å². The second-order valence-electron chi connectivity index (χ2n) is 1.85. The van der Waals surface area contributed by atoms with Crippen molar-refractivity contribution >= 4 is 34.6 Å². The van der Waals surface area contributed by atoms with E-state index >= 15 is 0 Å². The molecule has 0 spiro atoms. The van der Waals surface area contributed by atoms with Crippen LogP contribution >= 0.6 is 34.6 Å². The zero-order chi connectivity index (χ0) is 6.95. The highest BCUT2D eigenvalue weighted by atomic mass is 127. The van der Waals surface area contributed by atoms with Crippen LogP contribution in [0.15, 0.2) is 0 Å². The first-order valence-electron chi connectivity index (χ1n) is 3.33. The van der Waals surface area contributed by atoms with Gasteiger partial charge in [-0.1, -0.05) is 13.3 Å². The van der Waals surface area contributed by atoms with E-state index in [-0.39, 0.29) is 0 Å². The van der Waals surface area contributed by atoms with Crippen LogP contribution in [-0.4, -0.2) is 18.1 Å². The third-order valence-corrected chi connectivity index (χ3v) is 2.59. The molecule has 0 atom stereocenters. The van der Waals surface area contributed by atoms with Gasteiger partial charge in [0.1, 0.15) is 0 Å². The fraction of sp³-hybridized carbons (Fsp3) is 1.00. The summed E-state index contributed by atoms with van der Waals surface area (Å²) in [5, 5.41) is 0. The minimum atomic E-state index is 1.13. The Kier molecular flexibility index (Phi) is 10.1. The first-order chi connectivity index (χ1) is 4.41. The lowest BCUT2D eigenvalue weighted by atomic mass is 10.4. The van der Waals surface area contributed by atoms with Crippen molar-refractivity contribution in [1.82, 2.24) is 3.53 Å². The fourth-order valence-corrected chi connectivity index (χ4v) is 2.04. The van der Waals surface area contributed by atoms with Crippen LogP contribution in [0.1, 0.15) is 19.8 Å². The van der Waals surface area contributed by atoms with Crippen molar-refractivity contribution in [2.45, 2.75) is 19.8 Å². The van der Waals surface area contributed by atoms with E-state index in [2.05, 4.69) is 33.3 Å². The van der Waals surface area contributed by atoms with Crippen LogP contribution in [0.4, 0.5) is 0 Å². The molecule has 0 aliphatic carbocycles. The van der Waals surface area contributed by atoms with Gasteiger partial charge in [0.2, 0.25) is 0 Å². The van der Waals surface area contributed by atoms with Gasteiger partial charge < -0.3 is 0 Å². The molecule has 0 fully saturated rings. The highest BCUT2D eigenvalue weighted by molar-refractivity contribution is 14.1. The molecular weight excluding hydrogens is 245 g/mol. The molecule has 0 saturated carbocycles. The summed E-state index contributed by atoms with van der Waals surface area (Å²) in [5.74, 6) is 2.58. The molecule has 0 amide bonds. The Bertz CT molecular complexity index is 46.3. The third kappa shape index (κ3) is 9.04. The molecule has 0 heterocycles. The van der Waals surface area contributed by atoms with E-state index < -0.39 is 0 Å². The summed E-state index contributed by atoms with van der Waals surface area (Å²) in [6.07, 6.45) is 2.69. The first-order valence-corrected chi connectivity index (χ1v) is 5.56. The van der Waals surface area contributed by atoms with Crippen LogP contribution in [0.2, 0.25) is 0 Å². The number of thioether (sulfide) groups is 1. The minimum absolute atomic E-state index is 1.13. The molecule has 0 aliphatic rings. The van der Waals surface area contributed by atoms with Gasteiger partial charge in [-0.05, 0) is 12.2 Å². The summed E-state index contributed by atoms with van der Waals surface area (Å²) in [6, 6.07) is 0. The maximum atomic E-state index is 3.09. The summed E-state index contributed by atoms with van der Waals surface area (Å²) in [4.78, 5) is 0. The quantitative estimate of drug-likeness (QED) is 0.447. The molecular formula is C6H14INS. The standard InChI is InChI=1S/C6H14INS/c1-2-3-5-9-6-4-8-7/h8H,2-6H2,1H3. The van der Waals surface area contributed by atoms with Gasteiger partial charge in [0, 0.05) is 35.2 Å². The van der Waals surface area contributed by atoms with Gasteiger partial charge in [0.15, 0.2) is 0 Å². The lowest BCUT2D eigenvalue weighted by Crippen LogP contribution is -2.02. The Hall–Kier alpha value is 1.04.